The van der Waals surface area contributed by atoms with E-state index in [9.17, 15) is 22.8 Å². The van der Waals surface area contributed by atoms with Crippen molar-refractivity contribution in [3.05, 3.63) is 81.4 Å². The first-order valence-electron chi connectivity index (χ1n) is 11.3. The minimum Gasteiger partial charge on any atom is -0.308 e. The van der Waals surface area contributed by atoms with Gasteiger partial charge in [-0.15, -0.1) is 0 Å². The summed E-state index contributed by atoms with van der Waals surface area (Å²) < 4.78 is 26.2. The molecule has 0 saturated heterocycles. The Balaban J connectivity index is 1.65. The third-order valence-electron chi connectivity index (χ3n) is 5.44. The minimum atomic E-state index is -4.14. The van der Waals surface area contributed by atoms with Crippen LogP contribution in [0, 0.1) is 13.8 Å². The number of amides is 1. The number of benzene rings is 2. The first-order valence-corrected chi connectivity index (χ1v) is 13.8. The molecule has 0 atom stereocenters. The molecule has 0 spiro atoms. The summed E-state index contributed by atoms with van der Waals surface area (Å²) in [6, 6.07) is 10.3. The van der Waals surface area contributed by atoms with Crippen LogP contribution in [-0.2, 0) is 21.2 Å². The molecule has 2 N–H and O–H groups in total. The lowest BCUT2D eigenvalue weighted by Gasteiger charge is -2.23. The highest BCUT2D eigenvalue weighted by atomic mass is 35.5. The molecule has 4 aromatic rings. The van der Waals surface area contributed by atoms with Gasteiger partial charge in [-0.05, 0) is 49.7 Å². The molecule has 0 aliphatic heterocycles. The summed E-state index contributed by atoms with van der Waals surface area (Å²) in [7, 11) is -4.14. The Hall–Kier alpha value is -3.94. The number of rotatable bonds is 10. The summed E-state index contributed by atoms with van der Waals surface area (Å²) in [5.74, 6) is -2.56. The number of hydrogen-bond donors (Lipinski definition) is 2. The first kappa shape index (κ1) is 28.1. The second-order valence-electron chi connectivity index (χ2n) is 8.50. The molecule has 2 heterocycles. The van der Waals surface area contributed by atoms with Crippen molar-refractivity contribution in [3.63, 3.8) is 0 Å². The van der Waals surface area contributed by atoms with Crippen LogP contribution in [-0.4, -0.2) is 62.0 Å². The quantitative estimate of drug-likeness (QED) is 0.208. The van der Waals surface area contributed by atoms with E-state index in [-0.39, 0.29) is 33.8 Å². The van der Waals surface area contributed by atoms with E-state index >= 15 is 0 Å². The predicted molar refractivity (Wildman–Crippen MR) is 142 cm³/mol. The van der Waals surface area contributed by atoms with Gasteiger partial charge in [0.25, 0.3) is 0 Å². The van der Waals surface area contributed by atoms with Gasteiger partial charge in [-0.25, -0.2) is 18.4 Å². The van der Waals surface area contributed by atoms with Crippen LogP contribution in [0.1, 0.15) is 44.9 Å². The Morgan fingerprint density at radius 1 is 0.872 bits per heavy atom. The van der Waals surface area contributed by atoms with Crippen molar-refractivity contribution in [3.8, 4) is 0 Å². The molecule has 4 rings (SSSR count). The fourth-order valence-electron chi connectivity index (χ4n) is 3.56. The lowest BCUT2D eigenvalue weighted by Crippen LogP contribution is -2.32. The number of H-pyrrole nitrogens is 2. The Morgan fingerprint density at radius 3 is 2.10 bits per heavy atom. The topological polar surface area (TPSA) is 172 Å². The highest BCUT2D eigenvalue weighted by Crippen LogP contribution is 2.27. The van der Waals surface area contributed by atoms with Crippen LogP contribution in [0.5, 0.6) is 0 Å². The Labute approximate surface area is 232 Å². The number of hydrogen-bond acceptors (Lipinski definition) is 9. The largest absolute Gasteiger partial charge is 0.308 e. The zero-order valence-electron chi connectivity index (χ0n) is 20.6. The van der Waals surface area contributed by atoms with Crippen LogP contribution in [0.25, 0.3) is 0 Å². The zero-order chi connectivity index (χ0) is 28.3. The second-order valence-corrected chi connectivity index (χ2v) is 11.3. The van der Waals surface area contributed by atoms with Gasteiger partial charge in [-0.2, -0.15) is 10.2 Å². The molecular formula is C24H21Cl2N7O5S. The number of nitrogens with zero attached hydrogens (tertiary/aromatic N) is 5. The highest BCUT2D eigenvalue weighted by molar-refractivity contribution is 7.92. The number of aromatic nitrogens is 6. The monoisotopic (exact) mass is 589 g/mol. The Bertz CT molecular complexity index is 1680. The van der Waals surface area contributed by atoms with E-state index in [1.807, 2.05) is 0 Å². The molecule has 2 aromatic carbocycles. The van der Waals surface area contributed by atoms with Crippen molar-refractivity contribution in [2.75, 3.05) is 10.7 Å². The number of aromatic amines is 2. The van der Waals surface area contributed by atoms with Crippen molar-refractivity contribution < 1.29 is 22.8 Å². The Kier molecular flexibility index (Phi) is 8.23. The van der Waals surface area contributed by atoms with Crippen LogP contribution in [0.15, 0.2) is 47.4 Å². The molecular weight excluding hydrogens is 569 g/mol. The van der Waals surface area contributed by atoms with Gasteiger partial charge in [0.15, 0.2) is 9.84 Å². The second kappa shape index (κ2) is 11.4. The first-order chi connectivity index (χ1) is 18.4. The highest BCUT2D eigenvalue weighted by Gasteiger charge is 2.26. The molecule has 2 aromatic heterocycles. The number of halogens is 2. The van der Waals surface area contributed by atoms with Gasteiger partial charge in [0.05, 0.1) is 27.9 Å². The molecule has 12 nitrogen and oxygen atoms in total. The van der Waals surface area contributed by atoms with Crippen molar-refractivity contribution in [1.82, 2.24) is 30.4 Å². The lowest BCUT2D eigenvalue weighted by atomic mass is 10.1. The van der Waals surface area contributed by atoms with Crippen molar-refractivity contribution in [2.24, 2.45) is 0 Å². The number of carbonyl (C=O) groups is 3. The number of aryl methyl sites for hydroxylation is 2. The van der Waals surface area contributed by atoms with Crippen LogP contribution in [0.3, 0.4) is 0 Å². The maximum Gasteiger partial charge on any atom is 0.235 e. The SMILES string of the molecule is Cc1nc(C(=O)CC(=O)N(Cc2ccc(Cl)c(Cl)c2)c2cccc(S(=O)(=O)CC(=O)c3n[nH]c(C)n3)c2)n[nH]1. The van der Waals surface area contributed by atoms with E-state index in [0.717, 1.165) is 0 Å². The third-order valence-corrected chi connectivity index (χ3v) is 7.79. The van der Waals surface area contributed by atoms with Crippen LogP contribution >= 0.6 is 23.2 Å². The van der Waals surface area contributed by atoms with E-state index in [1.54, 1.807) is 32.0 Å². The van der Waals surface area contributed by atoms with Crippen molar-refractivity contribution in [2.45, 2.75) is 31.7 Å². The standard InChI is InChI=1S/C24H21Cl2N7O5S/c1-13-27-23(31-29-13)20(34)10-22(36)33(11-15-6-7-18(25)19(26)8-15)16-4-3-5-17(9-16)39(37,38)12-21(35)24-28-14(2)30-32-24/h3-9H,10-12H2,1-2H3,(H,27,29,31)(H,28,30,32). The summed E-state index contributed by atoms with van der Waals surface area (Å²) in [4.78, 5) is 47.4. The van der Waals surface area contributed by atoms with Gasteiger partial charge >= 0.3 is 0 Å². The number of sulfone groups is 1. The fraction of sp³-hybridized carbons (Fsp3) is 0.208. The summed E-state index contributed by atoms with van der Waals surface area (Å²) in [6.45, 7) is 3.13. The van der Waals surface area contributed by atoms with Gasteiger partial charge in [0.1, 0.15) is 17.4 Å². The molecule has 0 bridgehead atoms. The van der Waals surface area contributed by atoms with Gasteiger partial charge in [0, 0.05) is 5.69 Å². The lowest BCUT2D eigenvalue weighted by molar-refractivity contribution is -0.117. The average molecular weight is 590 g/mol. The number of Topliss-reactive ketones (excluding diaryl/α,β-unsaturated/α-hetero) is 2. The maximum atomic E-state index is 13.4. The van der Waals surface area contributed by atoms with Gasteiger partial charge < -0.3 is 4.90 Å². The van der Waals surface area contributed by atoms with Crippen molar-refractivity contribution in [1.29, 1.82) is 0 Å². The molecule has 0 radical (unpaired) electrons. The van der Waals surface area contributed by atoms with Gasteiger partial charge in [0.2, 0.25) is 29.1 Å². The summed E-state index contributed by atoms with van der Waals surface area (Å²) >= 11 is 12.2. The summed E-state index contributed by atoms with van der Waals surface area (Å²) in [5.41, 5.74) is 0.745. The minimum absolute atomic E-state index is 0.0606. The molecule has 15 heteroatoms. The van der Waals surface area contributed by atoms with Gasteiger partial charge in [-0.3, -0.25) is 24.6 Å². The molecule has 0 aliphatic carbocycles. The number of carbonyl (C=O) groups excluding carboxylic acids is 3. The van der Waals surface area contributed by atoms with E-state index in [0.29, 0.717) is 22.2 Å². The van der Waals surface area contributed by atoms with E-state index in [4.69, 9.17) is 23.2 Å². The molecule has 0 aliphatic rings. The smallest absolute Gasteiger partial charge is 0.235 e. The number of anilines is 1. The number of ketones is 2. The zero-order valence-corrected chi connectivity index (χ0v) is 22.9. The molecule has 0 fully saturated rings. The average Bonchev–Trinajstić information content (AvgIpc) is 3.52. The third kappa shape index (κ3) is 6.74. The molecule has 1 amide bonds. The summed E-state index contributed by atoms with van der Waals surface area (Å²) in [6.07, 6.45) is -0.585. The molecule has 0 unspecified atom stereocenters. The number of nitrogens with one attached hydrogen (secondary N) is 2. The van der Waals surface area contributed by atoms with E-state index in [1.165, 1.54) is 29.2 Å². The van der Waals surface area contributed by atoms with E-state index < -0.39 is 39.5 Å². The van der Waals surface area contributed by atoms with Crippen LogP contribution < -0.4 is 4.90 Å². The van der Waals surface area contributed by atoms with Crippen LogP contribution in [0.2, 0.25) is 10.0 Å². The predicted octanol–water partition coefficient (Wildman–Crippen LogP) is 3.31. The molecule has 202 valence electrons. The molecule has 0 saturated carbocycles. The van der Waals surface area contributed by atoms with Crippen molar-refractivity contribution >= 4 is 56.2 Å². The van der Waals surface area contributed by atoms with E-state index in [2.05, 4.69) is 30.4 Å². The summed E-state index contributed by atoms with van der Waals surface area (Å²) in [5, 5.41) is 13.1. The van der Waals surface area contributed by atoms with Crippen LogP contribution in [0.4, 0.5) is 5.69 Å². The molecule has 39 heavy (non-hydrogen) atoms. The fourth-order valence-corrected chi connectivity index (χ4v) is 5.10. The Morgan fingerprint density at radius 2 is 1.51 bits per heavy atom. The normalized spacial score (nSPS) is 11.4. The van der Waals surface area contributed by atoms with Gasteiger partial charge in [-0.1, -0.05) is 35.3 Å². The maximum absolute atomic E-state index is 13.4.